The maximum Gasteiger partial charge on any atom is 0.469 e. The molecule has 44 heavy (non-hydrogen) atoms. The van der Waals surface area contributed by atoms with Crippen molar-refractivity contribution < 1.29 is 33.1 Å². The summed E-state index contributed by atoms with van der Waals surface area (Å²) in [5.74, 6) is 1.65. The molecular formula is C29H32ClN6O7P. The maximum atomic E-state index is 12.5. The van der Waals surface area contributed by atoms with Gasteiger partial charge in [0.15, 0.2) is 11.5 Å². The van der Waals surface area contributed by atoms with Crippen molar-refractivity contribution in [3.63, 3.8) is 0 Å². The van der Waals surface area contributed by atoms with Crippen molar-refractivity contribution in [2.75, 3.05) is 44.0 Å². The molecule has 2 aromatic carbocycles. The predicted octanol–water partition coefficient (Wildman–Crippen LogP) is 5.03. The van der Waals surface area contributed by atoms with Crippen LogP contribution in [-0.2, 0) is 9.09 Å². The summed E-state index contributed by atoms with van der Waals surface area (Å²) in [6, 6.07) is 13.7. The number of carbonyl (C=O) groups excluding carboxylic acids is 1. The van der Waals surface area contributed by atoms with E-state index >= 15 is 0 Å². The van der Waals surface area contributed by atoms with E-state index in [0.717, 1.165) is 19.4 Å². The summed E-state index contributed by atoms with van der Waals surface area (Å²) in [7, 11) is -2.93. The third-order valence-electron chi connectivity index (χ3n) is 7.06. The molecule has 15 heteroatoms. The highest BCUT2D eigenvalue weighted by Crippen LogP contribution is 2.37. The number of hydrogen-bond acceptors (Lipinski definition) is 10. The second-order valence-corrected chi connectivity index (χ2v) is 11.8. The summed E-state index contributed by atoms with van der Waals surface area (Å²) in [4.78, 5) is 45.8. The SMILES string of the molecule is COc1cc2c(Nc3ccc(NC(=O)c4cccc(Cl)c4)nc3)ncnc2cc1OCCCN1CCCC1COP(=O)(O)O. The van der Waals surface area contributed by atoms with Crippen LogP contribution in [0.1, 0.15) is 29.6 Å². The maximum absolute atomic E-state index is 12.5. The Labute approximate surface area is 258 Å². The quantitative estimate of drug-likeness (QED) is 0.114. The molecule has 1 aliphatic heterocycles. The number of carbonyl (C=O) groups is 1. The number of likely N-dealkylation sites (tertiary alicyclic amines) is 1. The van der Waals surface area contributed by atoms with Gasteiger partial charge in [0.1, 0.15) is 18.0 Å². The van der Waals surface area contributed by atoms with E-state index in [4.69, 9.17) is 35.4 Å². The molecular weight excluding hydrogens is 611 g/mol. The van der Waals surface area contributed by atoms with Gasteiger partial charge in [-0.15, -0.1) is 0 Å². The van der Waals surface area contributed by atoms with E-state index in [0.29, 0.717) is 69.9 Å². The summed E-state index contributed by atoms with van der Waals surface area (Å²) in [6.45, 7) is 1.96. The monoisotopic (exact) mass is 642 g/mol. The smallest absolute Gasteiger partial charge is 0.469 e. The van der Waals surface area contributed by atoms with Crippen molar-refractivity contribution in [2.45, 2.75) is 25.3 Å². The van der Waals surface area contributed by atoms with Crippen LogP contribution in [0.2, 0.25) is 5.02 Å². The van der Waals surface area contributed by atoms with Gasteiger partial charge < -0.3 is 29.9 Å². The number of aromatic nitrogens is 3. The van der Waals surface area contributed by atoms with Crippen LogP contribution < -0.4 is 20.1 Å². The summed E-state index contributed by atoms with van der Waals surface area (Å²) in [5.41, 5.74) is 1.72. The van der Waals surface area contributed by atoms with Gasteiger partial charge in [-0.2, -0.15) is 0 Å². The lowest BCUT2D eigenvalue weighted by molar-refractivity contribution is 0.102. The molecule has 0 saturated carbocycles. The molecule has 1 aliphatic rings. The van der Waals surface area contributed by atoms with E-state index in [9.17, 15) is 9.36 Å². The van der Waals surface area contributed by atoms with E-state index < -0.39 is 7.82 Å². The van der Waals surface area contributed by atoms with Gasteiger partial charge in [0.25, 0.3) is 5.91 Å². The third kappa shape index (κ3) is 8.41. The van der Waals surface area contributed by atoms with Crippen molar-refractivity contribution in [1.82, 2.24) is 19.9 Å². The highest BCUT2D eigenvalue weighted by atomic mass is 35.5. The zero-order chi connectivity index (χ0) is 31.1. The molecule has 13 nitrogen and oxygen atoms in total. The first-order valence-corrected chi connectivity index (χ1v) is 15.8. The van der Waals surface area contributed by atoms with Crippen LogP contribution in [0.3, 0.4) is 0 Å². The largest absolute Gasteiger partial charge is 0.493 e. The molecule has 1 amide bonds. The Hall–Kier alpha value is -3.84. The molecule has 1 atom stereocenters. The van der Waals surface area contributed by atoms with Crippen LogP contribution in [-0.4, -0.2) is 75.0 Å². The van der Waals surface area contributed by atoms with Crippen LogP contribution in [0.25, 0.3) is 10.9 Å². The Kier molecular flexibility index (Phi) is 10.3. The fraction of sp³-hybridized carbons (Fsp3) is 0.310. The topological polar surface area (TPSA) is 168 Å². The van der Waals surface area contributed by atoms with E-state index in [1.54, 1.807) is 61.8 Å². The van der Waals surface area contributed by atoms with E-state index in [2.05, 4.69) is 30.5 Å². The fourth-order valence-electron chi connectivity index (χ4n) is 4.94. The molecule has 232 valence electrons. The average Bonchev–Trinajstić information content (AvgIpc) is 3.46. The van der Waals surface area contributed by atoms with Crippen LogP contribution in [0.5, 0.6) is 11.5 Å². The Morgan fingerprint density at radius 2 is 2.00 bits per heavy atom. The minimum atomic E-state index is -4.49. The molecule has 0 bridgehead atoms. The predicted molar refractivity (Wildman–Crippen MR) is 166 cm³/mol. The number of nitrogens with zero attached hydrogens (tertiary/aromatic N) is 4. The molecule has 0 spiro atoms. The molecule has 5 rings (SSSR count). The number of phosphoric ester groups is 1. The normalized spacial score (nSPS) is 15.3. The Morgan fingerprint density at radius 3 is 2.75 bits per heavy atom. The van der Waals surface area contributed by atoms with E-state index in [-0.39, 0.29) is 18.6 Å². The number of rotatable bonds is 13. The minimum Gasteiger partial charge on any atom is -0.493 e. The molecule has 4 N–H and O–H groups in total. The standard InChI is InChI=1S/C29H32ClN6O7P/c1-41-25-14-23-24(15-26(25)42-12-4-11-36-10-3-7-22(36)17-43-44(38,39)40)32-18-33-28(23)34-21-8-9-27(31-16-21)35-29(37)19-5-2-6-20(30)13-19/h2,5-6,8-9,13-16,18,22H,3-4,7,10-12,17H2,1H3,(H,31,35,37)(H,32,33,34)(H2,38,39,40). The van der Waals surface area contributed by atoms with Crippen molar-refractivity contribution in [1.29, 1.82) is 0 Å². The highest BCUT2D eigenvalue weighted by Gasteiger charge is 2.27. The number of methoxy groups -OCH3 is 1. The molecule has 1 fully saturated rings. The zero-order valence-corrected chi connectivity index (χ0v) is 25.5. The number of hydrogen-bond donors (Lipinski definition) is 4. The number of halogens is 1. The lowest BCUT2D eigenvalue weighted by Gasteiger charge is -2.24. The second-order valence-electron chi connectivity index (χ2n) is 10.1. The van der Waals surface area contributed by atoms with Crippen LogP contribution >= 0.6 is 19.4 Å². The Morgan fingerprint density at radius 1 is 1.14 bits per heavy atom. The number of pyridine rings is 1. The summed E-state index contributed by atoms with van der Waals surface area (Å²) >= 11 is 5.98. The summed E-state index contributed by atoms with van der Waals surface area (Å²) in [6.07, 6.45) is 5.51. The number of ether oxygens (including phenoxy) is 2. The number of benzene rings is 2. The molecule has 1 unspecified atom stereocenters. The number of fused-ring (bicyclic) bond motifs is 1. The van der Waals surface area contributed by atoms with Gasteiger partial charge in [0.2, 0.25) is 0 Å². The summed E-state index contributed by atoms with van der Waals surface area (Å²) in [5, 5.41) is 7.17. The molecule has 0 aliphatic carbocycles. The van der Waals surface area contributed by atoms with E-state index in [1.807, 2.05) is 0 Å². The van der Waals surface area contributed by atoms with Crippen molar-refractivity contribution in [3.8, 4) is 11.5 Å². The third-order valence-corrected chi connectivity index (χ3v) is 7.78. The molecule has 3 heterocycles. The van der Waals surface area contributed by atoms with Crippen LogP contribution in [0.15, 0.2) is 61.1 Å². The number of anilines is 3. The first-order chi connectivity index (χ1) is 21.2. The van der Waals surface area contributed by atoms with Gasteiger partial charge >= 0.3 is 7.82 Å². The molecule has 4 aromatic rings. The molecule has 0 radical (unpaired) electrons. The van der Waals surface area contributed by atoms with Crippen molar-refractivity contribution in [2.24, 2.45) is 0 Å². The zero-order valence-electron chi connectivity index (χ0n) is 23.9. The first-order valence-electron chi connectivity index (χ1n) is 13.9. The average molecular weight is 643 g/mol. The van der Waals surface area contributed by atoms with Crippen molar-refractivity contribution >= 4 is 53.6 Å². The lowest BCUT2D eigenvalue weighted by Crippen LogP contribution is -2.34. The lowest BCUT2D eigenvalue weighted by atomic mass is 10.2. The first kappa shape index (κ1) is 31.6. The van der Waals surface area contributed by atoms with Crippen LogP contribution in [0, 0.1) is 0 Å². The highest BCUT2D eigenvalue weighted by molar-refractivity contribution is 7.46. The van der Waals surface area contributed by atoms with Gasteiger partial charge in [-0.3, -0.25) is 14.2 Å². The van der Waals surface area contributed by atoms with Crippen molar-refractivity contribution in [3.05, 3.63) is 71.6 Å². The number of nitrogens with one attached hydrogen (secondary N) is 2. The van der Waals surface area contributed by atoms with E-state index in [1.165, 1.54) is 6.33 Å². The Balaban J connectivity index is 1.20. The van der Waals surface area contributed by atoms with Gasteiger partial charge in [0, 0.05) is 34.6 Å². The van der Waals surface area contributed by atoms with Gasteiger partial charge in [-0.25, -0.2) is 19.5 Å². The Bertz CT molecular complexity index is 1660. The van der Waals surface area contributed by atoms with Crippen LogP contribution in [0.4, 0.5) is 17.3 Å². The molecule has 1 saturated heterocycles. The summed E-state index contributed by atoms with van der Waals surface area (Å²) < 4.78 is 27.4. The fourth-order valence-corrected chi connectivity index (χ4v) is 5.50. The molecule has 2 aromatic heterocycles. The minimum absolute atomic E-state index is 0.000450. The van der Waals surface area contributed by atoms with Gasteiger partial charge in [-0.1, -0.05) is 17.7 Å². The number of amides is 1. The second kappa shape index (κ2) is 14.3. The number of phosphoric acid groups is 1. The van der Waals surface area contributed by atoms with Gasteiger partial charge in [0.05, 0.1) is 37.7 Å². The van der Waals surface area contributed by atoms with Gasteiger partial charge in [-0.05, 0) is 62.2 Å².